The van der Waals surface area contributed by atoms with Gasteiger partial charge >= 0.3 is 0 Å². The molecule has 1 atom stereocenters. The summed E-state index contributed by atoms with van der Waals surface area (Å²) in [6.07, 6.45) is -0.232. The van der Waals surface area contributed by atoms with E-state index in [9.17, 15) is 12.8 Å². The highest BCUT2D eigenvalue weighted by atomic mass is 79.9. The molecule has 7 heteroatoms. The van der Waals surface area contributed by atoms with Gasteiger partial charge in [-0.05, 0) is 41.1 Å². The summed E-state index contributed by atoms with van der Waals surface area (Å²) in [6, 6.07) is 3.41. The van der Waals surface area contributed by atoms with Crippen molar-refractivity contribution in [1.29, 1.82) is 0 Å². The SMILES string of the molecule is COC(C)CNS(=O)(=O)c1ccc(F)cc1Br. The number of benzene rings is 1. The lowest BCUT2D eigenvalue weighted by Crippen LogP contribution is -2.31. The van der Waals surface area contributed by atoms with Crippen LogP contribution in [-0.4, -0.2) is 28.2 Å². The van der Waals surface area contributed by atoms with Crippen LogP contribution in [0.25, 0.3) is 0 Å². The van der Waals surface area contributed by atoms with Crippen LogP contribution in [0.4, 0.5) is 4.39 Å². The van der Waals surface area contributed by atoms with E-state index in [2.05, 4.69) is 20.7 Å². The first-order valence-electron chi connectivity index (χ1n) is 4.84. The Labute approximate surface area is 108 Å². The Kier molecular flexibility index (Phi) is 5.05. The molecule has 0 amide bonds. The van der Waals surface area contributed by atoms with Gasteiger partial charge in [0.1, 0.15) is 5.82 Å². The number of nitrogens with one attached hydrogen (secondary N) is 1. The van der Waals surface area contributed by atoms with Crippen molar-refractivity contribution in [1.82, 2.24) is 4.72 Å². The molecule has 0 aliphatic rings. The largest absolute Gasteiger partial charge is 0.380 e. The lowest BCUT2D eigenvalue weighted by Gasteiger charge is -2.12. The molecule has 0 aliphatic carbocycles. The number of methoxy groups -OCH3 is 1. The minimum atomic E-state index is -3.66. The van der Waals surface area contributed by atoms with Gasteiger partial charge in [-0.15, -0.1) is 0 Å². The van der Waals surface area contributed by atoms with Crippen LogP contribution in [-0.2, 0) is 14.8 Å². The van der Waals surface area contributed by atoms with E-state index in [1.807, 2.05) is 0 Å². The molecular formula is C10H13BrFNO3S. The van der Waals surface area contributed by atoms with Crippen molar-refractivity contribution < 1.29 is 17.5 Å². The number of sulfonamides is 1. The lowest BCUT2D eigenvalue weighted by molar-refractivity contribution is 0.122. The van der Waals surface area contributed by atoms with Crippen LogP contribution in [0.3, 0.4) is 0 Å². The Morgan fingerprint density at radius 3 is 2.71 bits per heavy atom. The molecule has 0 saturated carbocycles. The average Bonchev–Trinajstić information content (AvgIpc) is 2.25. The molecule has 0 fully saturated rings. The lowest BCUT2D eigenvalue weighted by atomic mass is 10.3. The highest BCUT2D eigenvalue weighted by Crippen LogP contribution is 2.22. The maximum absolute atomic E-state index is 12.8. The van der Waals surface area contributed by atoms with Crippen LogP contribution in [0.1, 0.15) is 6.92 Å². The second-order valence-corrected chi connectivity index (χ2v) is 6.06. The smallest absolute Gasteiger partial charge is 0.241 e. The van der Waals surface area contributed by atoms with Crippen LogP contribution in [0.5, 0.6) is 0 Å². The van der Waals surface area contributed by atoms with Gasteiger partial charge in [-0.3, -0.25) is 0 Å². The maximum atomic E-state index is 12.8. The highest BCUT2D eigenvalue weighted by molar-refractivity contribution is 9.10. The summed E-state index contributed by atoms with van der Waals surface area (Å²) >= 11 is 3.02. The first-order valence-corrected chi connectivity index (χ1v) is 7.12. The van der Waals surface area contributed by atoms with E-state index in [0.717, 1.165) is 12.1 Å². The Morgan fingerprint density at radius 2 is 2.18 bits per heavy atom. The van der Waals surface area contributed by atoms with Gasteiger partial charge in [0, 0.05) is 18.1 Å². The second kappa shape index (κ2) is 5.90. The predicted molar refractivity (Wildman–Crippen MR) is 65.8 cm³/mol. The van der Waals surface area contributed by atoms with Crippen LogP contribution in [0.15, 0.2) is 27.6 Å². The van der Waals surface area contributed by atoms with Crippen molar-refractivity contribution in [3.05, 3.63) is 28.5 Å². The standard InChI is InChI=1S/C10H13BrFNO3S/c1-7(16-2)6-13-17(14,15)10-4-3-8(12)5-9(10)11/h3-5,7,13H,6H2,1-2H3. The normalized spacial score (nSPS) is 13.6. The van der Waals surface area contributed by atoms with Crippen LogP contribution >= 0.6 is 15.9 Å². The van der Waals surface area contributed by atoms with E-state index >= 15 is 0 Å². The molecule has 0 radical (unpaired) electrons. The molecule has 1 aromatic rings. The van der Waals surface area contributed by atoms with Gasteiger partial charge in [0.25, 0.3) is 0 Å². The van der Waals surface area contributed by atoms with Crippen LogP contribution in [0, 0.1) is 5.82 Å². The van der Waals surface area contributed by atoms with Crippen molar-refractivity contribution in [2.45, 2.75) is 17.9 Å². The highest BCUT2D eigenvalue weighted by Gasteiger charge is 2.18. The van der Waals surface area contributed by atoms with Crippen molar-refractivity contribution in [3.8, 4) is 0 Å². The van der Waals surface area contributed by atoms with Gasteiger partial charge in [0.05, 0.1) is 11.0 Å². The summed E-state index contributed by atoms with van der Waals surface area (Å²) < 4.78 is 44.1. The number of rotatable bonds is 5. The van der Waals surface area contributed by atoms with E-state index in [1.54, 1.807) is 6.92 Å². The molecule has 1 unspecified atom stereocenters. The van der Waals surface area contributed by atoms with Gasteiger partial charge < -0.3 is 4.74 Å². The number of ether oxygens (including phenoxy) is 1. The third-order valence-corrected chi connectivity index (χ3v) is 4.55. The van der Waals surface area contributed by atoms with Gasteiger partial charge in [-0.2, -0.15) is 0 Å². The Morgan fingerprint density at radius 1 is 1.53 bits per heavy atom. The number of halogens is 2. The van der Waals surface area contributed by atoms with Crippen molar-refractivity contribution in [2.75, 3.05) is 13.7 Å². The monoisotopic (exact) mass is 325 g/mol. The second-order valence-electron chi connectivity index (χ2n) is 3.47. The van der Waals surface area contributed by atoms with Crippen LogP contribution in [0.2, 0.25) is 0 Å². The molecule has 4 nitrogen and oxygen atoms in total. The molecule has 0 aliphatic heterocycles. The zero-order valence-electron chi connectivity index (χ0n) is 9.41. The first-order chi connectivity index (χ1) is 7.86. The Balaban J connectivity index is 2.90. The summed E-state index contributed by atoms with van der Waals surface area (Å²) in [5.74, 6) is -0.499. The van der Waals surface area contributed by atoms with E-state index in [1.165, 1.54) is 13.2 Å². The Hall–Kier alpha value is -0.500. The van der Waals surface area contributed by atoms with E-state index in [-0.39, 0.29) is 22.0 Å². The molecule has 1 rings (SSSR count). The van der Waals surface area contributed by atoms with Crippen molar-refractivity contribution >= 4 is 26.0 Å². The van der Waals surface area contributed by atoms with Gasteiger partial charge in [0.2, 0.25) is 10.0 Å². The van der Waals surface area contributed by atoms with E-state index in [0.29, 0.717) is 0 Å². The van der Waals surface area contributed by atoms with E-state index < -0.39 is 15.8 Å². The van der Waals surface area contributed by atoms with Crippen molar-refractivity contribution in [2.24, 2.45) is 0 Å². The number of hydrogen-bond donors (Lipinski definition) is 1. The minimum absolute atomic E-state index is 0.00204. The summed E-state index contributed by atoms with van der Waals surface area (Å²) in [6.45, 7) is 1.89. The molecule has 96 valence electrons. The maximum Gasteiger partial charge on any atom is 0.241 e. The topological polar surface area (TPSA) is 55.4 Å². The molecule has 0 heterocycles. The quantitative estimate of drug-likeness (QED) is 0.899. The molecule has 0 saturated heterocycles. The summed E-state index contributed by atoms with van der Waals surface area (Å²) in [5, 5.41) is 0. The molecule has 1 N–H and O–H groups in total. The summed E-state index contributed by atoms with van der Waals surface area (Å²) in [5.41, 5.74) is 0. The predicted octanol–water partition coefficient (Wildman–Crippen LogP) is 1.90. The fraction of sp³-hybridized carbons (Fsp3) is 0.400. The van der Waals surface area contributed by atoms with Gasteiger partial charge in [-0.25, -0.2) is 17.5 Å². The summed E-state index contributed by atoms with van der Waals surface area (Å²) in [7, 11) is -2.16. The molecule has 1 aromatic carbocycles. The van der Waals surface area contributed by atoms with Gasteiger partial charge in [-0.1, -0.05) is 0 Å². The molecule has 0 aromatic heterocycles. The third-order valence-electron chi connectivity index (χ3n) is 2.15. The molecular weight excluding hydrogens is 313 g/mol. The third kappa shape index (κ3) is 4.02. The average molecular weight is 326 g/mol. The summed E-state index contributed by atoms with van der Waals surface area (Å²) in [4.78, 5) is 0.00204. The van der Waals surface area contributed by atoms with Crippen LogP contribution < -0.4 is 4.72 Å². The van der Waals surface area contributed by atoms with E-state index in [4.69, 9.17) is 4.74 Å². The molecule has 0 spiro atoms. The molecule has 17 heavy (non-hydrogen) atoms. The number of hydrogen-bond acceptors (Lipinski definition) is 3. The minimum Gasteiger partial charge on any atom is -0.380 e. The fourth-order valence-electron chi connectivity index (χ4n) is 1.08. The fourth-order valence-corrected chi connectivity index (χ4v) is 3.24. The zero-order valence-corrected chi connectivity index (χ0v) is 11.8. The first kappa shape index (κ1) is 14.6. The zero-order chi connectivity index (χ0) is 13.1. The molecule has 0 bridgehead atoms. The van der Waals surface area contributed by atoms with Gasteiger partial charge in [0.15, 0.2) is 0 Å². The van der Waals surface area contributed by atoms with Crippen molar-refractivity contribution in [3.63, 3.8) is 0 Å². The Bertz CT molecular complexity index is 492.